The Labute approximate surface area is 116 Å². The average molecular weight is 270 g/mol. The number of benzene rings is 2. The molecule has 0 amide bonds. The molecular formula is C15H12ClN3. The van der Waals surface area contributed by atoms with Crippen LogP contribution in [0, 0.1) is 0 Å². The lowest BCUT2D eigenvalue weighted by Gasteiger charge is -2.11. The third-order valence-corrected chi connectivity index (χ3v) is 3.20. The van der Waals surface area contributed by atoms with Crippen LogP contribution < -0.4 is 11.1 Å². The predicted octanol–water partition coefficient (Wildman–Crippen LogP) is 4.21. The number of hydrogen-bond acceptors (Lipinski definition) is 3. The lowest BCUT2D eigenvalue weighted by atomic mass is 10.1. The van der Waals surface area contributed by atoms with Crippen molar-refractivity contribution < 1.29 is 0 Å². The molecule has 0 aliphatic heterocycles. The van der Waals surface area contributed by atoms with Gasteiger partial charge in [0.05, 0.1) is 16.9 Å². The molecule has 0 bridgehead atoms. The molecule has 1 heterocycles. The maximum atomic E-state index is 6.17. The van der Waals surface area contributed by atoms with E-state index in [9.17, 15) is 0 Å². The van der Waals surface area contributed by atoms with E-state index >= 15 is 0 Å². The summed E-state index contributed by atoms with van der Waals surface area (Å²) in [7, 11) is 0. The average Bonchev–Trinajstić information content (AvgIpc) is 2.45. The highest BCUT2D eigenvalue weighted by molar-refractivity contribution is 6.30. The van der Waals surface area contributed by atoms with Gasteiger partial charge in [-0.25, -0.2) is 0 Å². The highest BCUT2D eigenvalue weighted by Gasteiger charge is 2.05. The van der Waals surface area contributed by atoms with Gasteiger partial charge in [0, 0.05) is 22.3 Å². The van der Waals surface area contributed by atoms with E-state index in [1.165, 1.54) is 0 Å². The number of halogens is 1. The van der Waals surface area contributed by atoms with Gasteiger partial charge in [-0.1, -0.05) is 11.6 Å². The van der Waals surface area contributed by atoms with E-state index in [1.54, 1.807) is 6.20 Å². The van der Waals surface area contributed by atoms with Crippen molar-refractivity contribution in [2.75, 3.05) is 11.1 Å². The second-order valence-electron chi connectivity index (χ2n) is 4.23. The maximum absolute atomic E-state index is 6.17. The Balaban J connectivity index is 2.01. The molecule has 4 heteroatoms. The van der Waals surface area contributed by atoms with Crippen molar-refractivity contribution >= 4 is 39.6 Å². The van der Waals surface area contributed by atoms with Gasteiger partial charge in [-0.3, -0.25) is 4.98 Å². The van der Waals surface area contributed by atoms with Gasteiger partial charge in [0.25, 0.3) is 0 Å². The molecule has 0 unspecified atom stereocenters. The van der Waals surface area contributed by atoms with Crippen molar-refractivity contribution in [2.24, 2.45) is 0 Å². The number of fused-ring (bicyclic) bond motifs is 1. The van der Waals surface area contributed by atoms with Crippen molar-refractivity contribution in [2.45, 2.75) is 0 Å². The summed E-state index contributed by atoms with van der Waals surface area (Å²) in [5, 5.41) is 4.94. The zero-order chi connectivity index (χ0) is 13.2. The van der Waals surface area contributed by atoms with Crippen molar-refractivity contribution in [3.8, 4) is 0 Å². The molecule has 3 rings (SSSR count). The van der Waals surface area contributed by atoms with Crippen LogP contribution in [0.1, 0.15) is 0 Å². The number of nitrogen functional groups attached to an aromatic ring is 1. The molecule has 2 aromatic carbocycles. The molecular weight excluding hydrogens is 258 g/mol. The second-order valence-corrected chi connectivity index (χ2v) is 4.67. The van der Waals surface area contributed by atoms with E-state index in [-0.39, 0.29) is 0 Å². The van der Waals surface area contributed by atoms with E-state index in [0.717, 1.165) is 22.3 Å². The molecule has 3 nitrogen and oxygen atoms in total. The van der Waals surface area contributed by atoms with Crippen molar-refractivity contribution in [3.05, 3.63) is 59.8 Å². The first-order valence-electron chi connectivity index (χ1n) is 5.90. The molecule has 19 heavy (non-hydrogen) atoms. The first-order valence-corrected chi connectivity index (χ1v) is 6.27. The molecule has 3 N–H and O–H groups in total. The number of anilines is 3. The number of rotatable bonds is 2. The summed E-state index contributed by atoms with van der Waals surface area (Å²) in [4.78, 5) is 4.28. The lowest BCUT2D eigenvalue weighted by molar-refractivity contribution is 1.41. The molecule has 0 spiro atoms. The normalized spacial score (nSPS) is 10.6. The summed E-state index contributed by atoms with van der Waals surface area (Å²) in [5.41, 5.74) is 9.56. The van der Waals surface area contributed by atoms with Crippen LogP contribution in [0.4, 0.5) is 17.1 Å². The number of aromatic nitrogens is 1. The minimum atomic E-state index is 0.695. The van der Waals surface area contributed by atoms with E-state index in [1.807, 2.05) is 48.5 Å². The minimum Gasteiger partial charge on any atom is -0.396 e. The van der Waals surface area contributed by atoms with Crippen LogP contribution >= 0.6 is 11.6 Å². The van der Waals surface area contributed by atoms with Gasteiger partial charge in [0.15, 0.2) is 0 Å². The van der Waals surface area contributed by atoms with Crippen molar-refractivity contribution in [1.82, 2.24) is 4.98 Å². The quantitative estimate of drug-likeness (QED) is 0.685. The third kappa shape index (κ3) is 2.33. The van der Waals surface area contributed by atoms with E-state index in [2.05, 4.69) is 10.3 Å². The fraction of sp³-hybridized carbons (Fsp3) is 0. The maximum Gasteiger partial charge on any atom is 0.0724 e. The SMILES string of the molecule is Nc1c(Nc2ccc(Cl)cc2)ccc2ncccc12. The fourth-order valence-corrected chi connectivity index (χ4v) is 2.10. The zero-order valence-corrected chi connectivity index (χ0v) is 10.9. The molecule has 0 atom stereocenters. The van der Waals surface area contributed by atoms with Gasteiger partial charge in [-0.2, -0.15) is 0 Å². The van der Waals surface area contributed by atoms with E-state index in [0.29, 0.717) is 10.7 Å². The Morgan fingerprint density at radius 3 is 2.58 bits per heavy atom. The molecule has 0 fully saturated rings. The van der Waals surface area contributed by atoms with Crippen LogP contribution in [-0.2, 0) is 0 Å². The predicted molar refractivity (Wildman–Crippen MR) is 80.9 cm³/mol. The van der Waals surface area contributed by atoms with Gasteiger partial charge < -0.3 is 11.1 Å². The van der Waals surface area contributed by atoms with Gasteiger partial charge in [-0.15, -0.1) is 0 Å². The molecule has 0 saturated heterocycles. The topological polar surface area (TPSA) is 50.9 Å². The van der Waals surface area contributed by atoms with Crippen LogP contribution in [0.5, 0.6) is 0 Å². The van der Waals surface area contributed by atoms with Gasteiger partial charge in [-0.05, 0) is 48.5 Å². The molecule has 0 radical (unpaired) electrons. The summed E-state index contributed by atoms with van der Waals surface area (Å²) in [6.45, 7) is 0. The summed E-state index contributed by atoms with van der Waals surface area (Å²) in [6, 6.07) is 15.2. The third-order valence-electron chi connectivity index (χ3n) is 2.95. The highest BCUT2D eigenvalue weighted by Crippen LogP contribution is 2.30. The Hall–Kier alpha value is -2.26. The minimum absolute atomic E-state index is 0.695. The van der Waals surface area contributed by atoms with Crippen LogP contribution in [0.25, 0.3) is 10.9 Å². The molecule has 0 aliphatic rings. The van der Waals surface area contributed by atoms with Gasteiger partial charge >= 0.3 is 0 Å². The fourth-order valence-electron chi connectivity index (χ4n) is 1.97. The Kier molecular flexibility index (Phi) is 2.97. The number of nitrogens with two attached hydrogens (primary N) is 1. The Morgan fingerprint density at radius 1 is 1.00 bits per heavy atom. The molecule has 0 aliphatic carbocycles. The summed E-state index contributed by atoms with van der Waals surface area (Å²) in [5.74, 6) is 0. The zero-order valence-electron chi connectivity index (χ0n) is 10.1. The highest BCUT2D eigenvalue weighted by atomic mass is 35.5. The number of nitrogens with zero attached hydrogens (tertiary/aromatic N) is 1. The van der Waals surface area contributed by atoms with Crippen LogP contribution in [0.3, 0.4) is 0 Å². The Bertz CT molecular complexity index is 723. The second kappa shape index (κ2) is 4.78. The Morgan fingerprint density at radius 2 is 1.79 bits per heavy atom. The smallest absolute Gasteiger partial charge is 0.0724 e. The van der Waals surface area contributed by atoms with Crippen LogP contribution in [0.2, 0.25) is 5.02 Å². The first-order chi connectivity index (χ1) is 9.24. The summed E-state index contributed by atoms with van der Waals surface area (Å²) < 4.78 is 0. The van der Waals surface area contributed by atoms with Gasteiger partial charge in [0.1, 0.15) is 0 Å². The van der Waals surface area contributed by atoms with Crippen molar-refractivity contribution in [1.29, 1.82) is 0 Å². The molecule has 0 saturated carbocycles. The van der Waals surface area contributed by atoms with E-state index < -0.39 is 0 Å². The van der Waals surface area contributed by atoms with Crippen molar-refractivity contribution in [3.63, 3.8) is 0 Å². The standard InChI is InChI=1S/C15H12ClN3/c16-10-3-5-11(6-4-10)19-14-8-7-13-12(15(14)17)2-1-9-18-13/h1-9,19H,17H2. The van der Waals surface area contributed by atoms with E-state index in [4.69, 9.17) is 17.3 Å². The largest absolute Gasteiger partial charge is 0.396 e. The molecule has 3 aromatic rings. The molecule has 94 valence electrons. The lowest BCUT2D eigenvalue weighted by Crippen LogP contribution is -1.97. The van der Waals surface area contributed by atoms with Gasteiger partial charge in [0.2, 0.25) is 0 Å². The molecule has 1 aromatic heterocycles. The number of pyridine rings is 1. The van der Waals surface area contributed by atoms with Crippen LogP contribution in [0.15, 0.2) is 54.7 Å². The monoisotopic (exact) mass is 269 g/mol. The summed E-state index contributed by atoms with van der Waals surface area (Å²) >= 11 is 5.86. The first kappa shape index (κ1) is 11.8. The summed E-state index contributed by atoms with van der Waals surface area (Å²) in [6.07, 6.45) is 1.76. The number of nitrogens with one attached hydrogen (secondary N) is 1. The van der Waals surface area contributed by atoms with Crippen LogP contribution in [-0.4, -0.2) is 4.98 Å². The number of hydrogen-bond donors (Lipinski definition) is 2.